The Morgan fingerprint density at radius 2 is 1.11 bits per heavy atom. The van der Waals surface area contributed by atoms with Gasteiger partial charge in [0.05, 0.1) is 19.6 Å². The van der Waals surface area contributed by atoms with Crippen LogP contribution in [-0.4, -0.2) is 163 Å². The highest BCUT2D eigenvalue weighted by molar-refractivity contribution is 5.98. The Labute approximate surface area is 301 Å². The number of amides is 7. The third-order valence-corrected chi connectivity index (χ3v) is 8.57. The van der Waals surface area contributed by atoms with Crippen LogP contribution in [0.1, 0.15) is 57.8 Å². The second-order valence-electron chi connectivity index (χ2n) is 12.5. The Balaban J connectivity index is 2.24. The van der Waals surface area contributed by atoms with Crippen molar-refractivity contribution in [3.8, 4) is 0 Å². The molecule has 2 saturated heterocycles. The summed E-state index contributed by atoms with van der Waals surface area (Å²) in [4.78, 5) is 127. The fourth-order valence-electron chi connectivity index (χ4n) is 5.83. The summed E-state index contributed by atoms with van der Waals surface area (Å²) in [5, 5.41) is 55.3. The van der Waals surface area contributed by atoms with E-state index in [2.05, 4.69) is 10.6 Å². The number of hydrogen-bond donors (Lipinski definition) is 11. The Morgan fingerprint density at radius 3 is 1.60 bits per heavy atom. The second-order valence-corrected chi connectivity index (χ2v) is 12.5. The molecule has 0 spiro atoms. The lowest BCUT2D eigenvalue weighted by atomic mass is 10.1. The largest absolute Gasteiger partial charge is 0.481 e. The summed E-state index contributed by atoms with van der Waals surface area (Å²) in [6, 6.07) is -10.5. The minimum atomic E-state index is -1.86. The van der Waals surface area contributed by atoms with Crippen molar-refractivity contribution in [2.24, 2.45) is 11.5 Å². The molecule has 23 nitrogen and oxygen atoms in total. The number of hydrogen-bond acceptors (Lipinski definition) is 13. The maximum Gasteiger partial charge on any atom is 0.326 e. The molecule has 7 unspecified atom stereocenters. The van der Waals surface area contributed by atoms with E-state index in [1.807, 2.05) is 10.6 Å². The zero-order chi connectivity index (χ0) is 40.0. The van der Waals surface area contributed by atoms with Gasteiger partial charge in [-0.25, -0.2) is 4.79 Å². The molecule has 2 aliphatic heterocycles. The van der Waals surface area contributed by atoms with Gasteiger partial charge in [0.1, 0.15) is 42.3 Å². The molecule has 0 aliphatic carbocycles. The standard InChI is InChI=1S/C30H46N8O15/c31-14(12-39)28(50)38-10-2-4-20(38)29(51)37-9-1-3-19(37)27(49)34-16(6-8-23(44)45)24(46)33-15(5-7-22(42)43)25(47)36-18(13-40)26(48)35-17(30(52)53)11-21(32)41/h14-20,39-40H,1-13,31H2,(H2,32,41)(H,33,46)(H,34,49)(H,35,48)(H,36,47)(H,42,43)(H,44,45)(H,52,53). The fraction of sp³-hybridized carbons (Fsp3) is 0.667. The average molecular weight is 759 g/mol. The number of carboxylic acids is 3. The summed E-state index contributed by atoms with van der Waals surface area (Å²) in [6.07, 6.45) is -2.12. The molecule has 0 aromatic heterocycles. The normalized spacial score (nSPS) is 19.5. The van der Waals surface area contributed by atoms with Crippen molar-refractivity contribution >= 4 is 59.3 Å². The van der Waals surface area contributed by atoms with Crippen LogP contribution in [0.2, 0.25) is 0 Å². The van der Waals surface area contributed by atoms with E-state index in [1.54, 1.807) is 0 Å². The van der Waals surface area contributed by atoms with Crippen LogP contribution in [0.15, 0.2) is 0 Å². The molecule has 0 bridgehead atoms. The van der Waals surface area contributed by atoms with Crippen molar-refractivity contribution in [1.29, 1.82) is 0 Å². The third kappa shape index (κ3) is 12.9. The average Bonchev–Trinajstić information content (AvgIpc) is 3.79. The van der Waals surface area contributed by atoms with Crippen LogP contribution in [0.25, 0.3) is 0 Å². The first kappa shape index (κ1) is 43.7. The molecule has 13 N–H and O–H groups in total. The van der Waals surface area contributed by atoms with Gasteiger partial charge in [0.15, 0.2) is 0 Å². The van der Waals surface area contributed by atoms with Gasteiger partial charge >= 0.3 is 17.9 Å². The highest BCUT2D eigenvalue weighted by Crippen LogP contribution is 2.25. The molecule has 2 aliphatic rings. The van der Waals surface area contributed by atoms with E-state index in [9.17, 15) is 73.5 Å². The van der Waals surface area contributed by atoms with Gasteiger partial charge in [0.25, 0.3) is 0 Å². The van der Waals surface area contributed by atoms with E-state index in [1.165, 1.54) is 9.80 Å². The number of carboxylic acid groups (broad SMARTS) is 3. The van der Waals surface area contributed by atoms with Gasteiger partial charge in [-0.15, -0.1) is 0 Å². The van der Waals surface area contributed by atoms with E-state index in [4.69, 9.17) is 11.5 Å². The molecule has 296 valence electrons. The number of primary amides is 1. The van der Waals surface area contributed by atoms with Crippen molar-refractivity contribution in [3.63, 3.8) is 0 Å². The Morgan fingerprint density at radius 1 is 0.642 bits per heavy atom. The van der Waals surface area contributed by atoms with E-state index in [0.29, 0.717) is 12.8 Å². The Bertz CT molecular complexity index is 1430. The van der Waals surface area contributed by atoms with Gasteiger partial charge in [-0.3, -0.25) is 43.2 Å². The number of aliphatic hydroxyl groups is 2. The molecule has 0 aromatic carbocycles. The zero-order valence-corrected chi connectivity index (χ0v) is 28.6. The van der Waals surface area contributed by atoms with E-state index in [-0.39, 0.29) is 25.9 Å². The van der Waals surface area contributed by atoms with Crippen LogP contribution < -0.4 is 32.7 Å². The van der Waals surface area contributed by atoms with Crippen LogP contribution >= 0.6 is 0 Å². The Hall–Kier alpha value is -5.42. The summed E-state index contributed by atoms with van der Waals surface area (Å²) in [7, 11) is 0. The van der Waals surface area contributed by atoms with Crippen LogP contribution in [0.4, 0.5) is 0 Å². The van der Waals surface area contributed by atoms with E-state index >= 15 is 0 Å². The van der Waals surface area contributed by atoms with Crippen molar-refractivity contribution in [1.82, 2.24) is 31.1 Å². The lowest BCUT2D eigenvalue weighted by Gasteiger charge is -2.32. The van der Waals surface area contributed by atoms with Gasteiger partial charge < -0.3 is 68.1 Å². The van der Waals surface area contributed by atoms with Crippen LogP contribution in [0.3, 0.4) is 0 Å². The molecule has 2 heterocycles. The fourth-order valence-corrected chi connectivity index (χ4v) is 5.83. The molecule has 53 heavy (non-hydrogen) atoms. The lowest BCUT2D eigenvalue weighted by molar-refractivity contribution is -0.147. The number of likely N-dealkylation sites (tertiary alicyclic amines) is 2. The molecule has 7 amide bonds. The lowest BCUT2D eigenvalue weighted by Crippen LogP contribution is -2.60. The van der Waals surface area contributed by atoms with Crippen LogP contribution in [0, 0.1) is 0 Å². The van der Waals surface area contributed by atoms with Crippen molar-refractivity contribution in [2.75, 3.05) is 26.3 Å². The van der Waals surface area contributed by atoms with Crippen molar-refractivity contribution < 1.29 is 73.5 Å². The van der Waals surface area contributed by atoms with Crippen LogP contribution in [0.5, 0.6) is 0 Å². The topological polar surface area (TPSA) is 378 Å². The minimum absolute atomic E-state index is 0.111. The molecule has 23 heteroatoms. The quantitative estimate of drug-likeness (QED) is 0.0519. The second kappa shape index (κ2) is 20.6. The van der Waals surface area contributed by atoms with Gasteiger partial charge in [0, 0.05) is 25.9 Å². The summed E-state index contributed by atoms with van der Waals surface area (Å²) >= 11 is 0. The SMILES string of the molecule is NC(=O)CC(NC(=O)C(CO)NC(=O)C(CCC(=O)O)NC(=O)C(CCC(=O)O)NC(=O)C1CCCN1C(=O)C1CCCN1C(=O)C(N)CO)C(=O)O. The van der Waals surface area contributed by atoms with Crippen molar-refractivity contribution in [3.05, 3.63) is 0 Å². The minimum Gasteiger partial charge on any atom is -0.481 e. The number of aliphatic carboxylic acids is 3. The first-order valence-electron chi connectivity index (χ1n) is 16.7. The molecule has 2 rings (SSSR count). The van der Waals surface area contributed by atoms with Gasteiger partial charge in [-0.05, 0) is 38.5 Å². The molecule has 7 atom stereocenters. The number of nitrogens with one attached hydrogen (secondary N) is 4. The highest BCUT2D eigenvalue weighted by atomic mass is 16.4. The Kier molecular flexibility index (Phi) is 17.0. The summed E-state index contributed by atoms with van der Waals surface area (Å²) < 4.78 is 0. The molecule has 0 aromatic rings. The molecule has 0 saturated carbocycles. The maximum atomic E-state index is 13.6. The predicted molar refractivity (Wildman–Crippen MR) is 175 cm³/mol. The number of nitrogens with zero attached hydrogens (tertiary/aromatic N) is 2. The summed E-state index contributed by atoms with van der Waals surface area (Å²) in [5.74, 6) is -11.3. The van der Waals surface area contributed by atoms with E-state index < -0.39 is 147 Å². The molecular weight excluding hydrogens is 712 g/mol. The van der Waals surface area contributed by atoms with Crippen LogP contribution in [-0.2, 0) is 47.9 Å². The maximum absolute atomic E-state index is 13.6. The number of carbonyl (C=O) groups is 10. The molecule has 2 fully saturated rings. The monoisotopic (exact) mass is 758 g/mol. The van der Waals surface area contributed by atoms with Crippen molar-refractivity contribution in [2.45, 2.75) is 100 Å². The van der Waals surface area contributed by atoms with Gasteiger partial charge in [-0.2, -0.15) is 0 Å². The summed E-state index contributed by atoms with van der Waals surface area (Å²) in [5.41, 5.74) is 10.6. The van der Waals surface area contributed by atoms with E-state index in [0.717, 1.165) is 0 Å². The number of nitrogens with two attached hydrogens (primary N) is 2. The number of aliphatic hydroxyl groups excluding tert-OH is 2. The smallest absolute Gasteiger partial charge is 0.326 e. The van der Waals surface area contributed by atoms with Gasteiger partial charge in [0.2, 0.25) is 41.4 Å². The molecule has 0 radical (unpaired) electrons. The highest BCUT2D eigenvalue weighted by Gasteiger charge is 2.43. The number of rotatable bonds is 21. The first-order chi connectivity index (χ1) is 24.9. The first-order valence-corrected chi connectivity index (χ1v) is 16.7. The molecular formula is C30H46N8O15. The number of carbonyl (C=O) groups excluding carboxylic acids is 7. The summed E-state index contributed by atoms with van der Waals surface area (Å²) in [6.45, 7) is -1.45. The third-order valence-electron chi connectivity index (χ3n) is 8.57. The predicted octanol–water partition coefficient (Wildman–Crippen LogP) is -6.09. The zero-order valence-electron chi connectivity index (χ0n) is 28.6. The van der Waals surface area contributed by atoms with Gasteiger partial charge in [-0.1, -0.05) is 0 Å².